The summed E-state index contributed by atoms with van der Waals surface area (Å²) in [5.74, 6) is -0.0359. The molecule has 0 saturated heterocycles. The van der Waals surface area contributed by atoms with Crippen molar-refractivity contribution in [1.82, 2.24) is 5.32 Å². The molecule has 21 heavy (non-hydrogen) atoms. The van der Waals surface area contributed by atoms with E-state index in [-0.39, 0.29) is 5.91 Å². The third-order valence-corrected chi connectivity index (χ3v) is 3.48. The third-order valence-electron chi connectivity index (χ3n) is 3.48. The number of anilines is 1. The molecular weight excluding hydrogens is 270 g/mol. The largest absolute Gasteiger partial charge is 0.411 e. The van der Waals surface area contributed by atoms with Crippen molar-refractivity contribution in [2.45, 2.75) is 12.8 Å². The second-order valence-corrected chi connectivity index (χ2v) is 4.93. The number of hydrogen-bond donors (Lipinski definition) is 2. The number of oxime groups is 1. The lowest BCUT2D eigenvalue weighted by atomic mass is 10.1. The highest BCUT2D eigenvalue weighted by Gasteiger charge is 2.21. The molecule has 0 bridgehead atoms. The average Bonchev–Trinajstić information content (AvgIpc) is 2.67. The molecule has 1 amide bonds. The molecule has 114 valence electrons. The van der Waals surface area contributed by atoms with Gasteiger partial charge in [0.25, 0.3) is 0 Å². The summed E-state index contributed by atoms with van der Waals surface area (Å²) in [7, 11) is 1.60. The first-order chi connectivity index (χ1) is 10.3. The van der Waals surface area contributed by atoms with Crippen LogP contribution in [-0.2, 0) is 9.53 Å². The molecule has 6 heteroatoms. The molecule has 0 aliphatic carbocycles. The molecule has 0 atom stereocenters. The molecule has 1 aliphatic heterocycles. The Bertz CT molecular complexity index is 517. The zero-order chi connectivity index (χ0) is 15.1. The molecule has 0 fully saturated rings. The summed E-state index contributed by atoms with van der Waals surface area (Å²) in [5, 5.41) is 15.4. The molecule has 0 spiro atoms. The standard InChI is InChI=1S/C15H21N3O3/c1-21-10-8-16-15(19)11-18-9-4-6-13(17-20)12-5-2-3-7-14(12)18/h2-3,5,7,20H,4,6,8-11H2,1H3,(H,16,19)/b17-13-. The number of carbonyl (C=O) groups is 1. The van der Waals surface area contributed by atoms with Gasteiger partial charge in [-0.05, 0) is 18.9 Å². The Kier molecular flexibility index (Phi) is 5.57. The van der Waals surface area contributed by atoms with Crippen molar-refractivity contribution < 1.29 is 14.7 Å². The van der Waals surface area contributed by atoms with Crippen molar-refractivity contribution in [3.05, 3.63) is 29.8 Å². The van der Waals surface area contributed by atoms with E-state index in [1.807, 2.05) is 29.2 Å². The first-order valence-corrected chi connectivity index (χ1v) is 7.07. The maximum atomic E-state index is 12.0. The van der Waals surface area contributed by atoms with Crippen molar-refractivity contribution in [2.75, 3.05) is 38.3 Å². The number of nitrogens with one attached hydrogen (secondary N) is 1. The van der Waals surface area contributed by atoms with Gasteiger partial charge in [-0.15, -0.1) is 0 Å². The second kappa shape index (κ2) is 7.64. The van der Waals surface area contributed by atoms with Gasteiger partial charge in [-0.1, -0.05) is 23.4 Å². The number of fused-ring (bicyclic) bond motifs is 1. The fraction of sp³-hybridized carbons (Fsp3) is 0.467. The van der Waals surface area contributed by atoms with Crippen LogP contribution in [0.2, 0.25) is 0 Å². The Morgan fingerprint density at radius 2 is 2.29 bits per heavy atom. The molecule has 0 saturated carbocycles. The van der Waals surface area contributed by atoms with Gasteiger partial charge in [0.05, 0.1) is 18.9 Å². The number of methoxy groups -OCH3 is 1. The molecule has 2 rings (SSSR count). The van der Waals surface area contributed by atoms with Crippen molar-refractivity contribution in [2.24, 2.45) is 5.16 Å². The van der Waals surface area contributed by atoms with Crippen LogP contribution in [0.4, 0.5) is 5.69 Å². The van der Waals surface area contributed by atoms with Gasteiger partial charge in [-0.25, -0.2) is 0 Å². The van der Waals surface area contributed by atoms with Crippen molar-refractivity contribution in [3.8, 4) is 0 Å². The Hall–Kier alpha value is -2.08. The summed E-state index contributed by atoms with van der Waals surface area (Å²) in [6.07, 6.45) is 1.55. The minimum absolute atomic E-state index is 0.0359. The summed E-state index contributed by atoms with van der Waals surface area (Å²) >= 11 is 0. The van der Waals surface area contributed by atoms with Gasteiger partial charge in [-0.3, -0.25) is 4.79 Å². The first-order valence-electron chi connectivity index (χ1n) is 7.07. The second-order valence-electron chi connectivity index (χ2n) is 4.93. The fourth-order valence-corrected chi connectivity index (χ4v) is 2.48. The number of amides is 1. The number of ether oxygens (including phenoxy) is 1. The lowest BCUT2D eigenvalue weighted by molar-refractivity contribution is -0.119. The number of hydrogen-bond acceptors (Lipinski definition) is 5. The number of nitrogens with zero attached hydrogens (tertiary/aromatic N) is 2. The van der Waals surface area contributed by atoms with Crippen LogP contribution in [0.25, 0.3) is 0 Å². The summed E-state index contributed by atoms with van der Waals surface area (Å²) in [6, 6.07) is 7.71. The van der Waals surface area contributed by atoms with E-state index in [1.165, 1.54) is 0 Å². The molecule has 0 unspecified atom stereocenters. The van der Waals surface area contributed by atoms with Gasteiger partial charge in [0.15, 0.2) is 0 Å². The van der Waals surface area contributed by atoms with Gasteiger partial charge in [0.2, 0.25) is 5.91 Å². The molecule has 0 aromatic heterocycles. The smallest absolute Gasteiger partial charge is 0.239 e. The summed E-state index contributed by atoms with van der Waals surface area (Å²) in [4.78, 5) is 14.0. The molecule has 1 aromatic rings. The zero-order valence-electron chi connectivity index (χ0n) is 12.2. The first kappa shape index (κ1) is 15.3. The maximum Gasteiger partial charge on any atom is 0.239 e. The summed E-state index contributed by atoms with van der Waals surface area (Å²) in [5.41, 5.74) is 2.50. The zero-order valence-corrected chi connectivity index (χ0v) is 12.2. The molecule has 6 nitrogen and oxygen atoms in total. The highest BCUT2D eigenvalue weighted by Crippen LogP contribution is 2.26. The summed E-state index contributed by atoms with van der Waals surface area (Å²) < 4.78 is 4.92. The lowest BCUT2D eigenvalue weighted by Gasteiger charge is -2.24. The lowest BCUT2D eigenvalue weighted by Crippen LogP contribution is -2.39. The van der Waals surface area contributed by atoms with Crippen molar-refractivity contribution in [3.63, 3.8) is 0 Å². The van der Waals surface area contributed by atoms with E-state index in [0.717, 1.165) is 24.2 Å². The van der Waals surface area contributed by atoms with Gasteiger partial charge >= 0.3 is 0 Å². The molecule has 1 heterocycles. The van der Waals surface area contributed by atoms with Crippen LogP contribution in [0.15, 0.2) is 29.4 Å². The minimum atomic E-state index is -0.0359. The van der Waals surface area contributed by atoms with E-state index < -0.39 is 0 Å². The molecular formula is C15H21N3O3. The van der Waals surface area contributed by atoms with Crippen LogP contribution in [0.1, 0.15) is 18.4 Å². The van der Waals surface area contributed by atoms with E-state index in [1.54, 1.807) is 7.11 Å². The van der Waals surface area contributed by atoms with Crippen LogP contribution < -0.4 is 10.2 Å². The number of para-hydroxylation sites is 1. The normalized spacial score (nSPS) is 16.4. The Balaban J connectivity index is 2.11. The predicted octanol–water partition coefficient (Wildman–Crippen LogP) is 1.23. The van der Waals surface area contributed by atoms with Gasteiger partial charge in [0, 0.05) is 31.5 Å². The Morgan fingerprint density at radius 1 is 1.48 bits per heavy atom. The van der Waals surface area contributed by atoms with E-state index >= 15 is 0 Å². The molecule has 2 N–H and O–H groups in total. The van der Waals surface area contributed by atoms with Gasteiger partial charge in [-0.2, -0.15) is 0 Å². The maximum absolute atomic E-state index is 12.0. The van der Waals surface area contributed by atoms with Crippen LogP contribution in [0.5, 0.6) is 0 Å². The quantitative estimate of drug-likeness (QED) is 0.486. The van der Waals surface area contributed by atoms with E-state index in [0.29, 0.717) is 31.8 Å². The van der Waals surface area contributed by atoms with Crippen LogP contribution in [0, 0.1) is 0 Å². The van der Waals surface area contributed by atoms with E-state index in [4.69, 9.17) is 9.94 Å². The van der Waals surface area contributed by atoms with Crippen molar-refractivity contribution in [1.29, 1.82) is 0 Å². The van der Waals surface area contributed by atoms with Gasteiger partial charge < -0.3 is 20.2 Å². The van der Waals surface area contributed by atoms with Crippen LogP contribution in [-0.4, -0.2) is 50.2 Å². The number of carbonyl (C=O) groups excluding carboxylic acids is 1. The number of benzene rings is 1. The highest BCUT2D eigenvalue weighted by molar-refractivity contribution is 6.05. The molecule has 1 aromatic carbocycles. The monoisotopic (exact) mass is 291 g/mol. The molecule has 0 radical (unpaired) electrons. The predicted molar refractivity (Wildman–Crippen MR) is 81.1 cm³/mol. The Morgan fingerprint density at radius 3 is 3.05 bits per heavy atom. The SMILES string of the molecule is COCCNC(=O)CN1CCC/C(=N/O)c2ccccc21. The number of rotatable bonds is 5. The Labute approximate surface area is 124 Å². The topological polar surface area (TPSA) is 74.2 Å². The van der Waals surface area contributed by atoms with E-state index in [2.05, 4.69) is 10.5 Å². The van der Waals surface area contributed by atoms with Crippen LogP contribution >= 0.6 is 0 Å². The fourth-order valence-electron chi connectivity index (χ4n) is 2.48. The van der Waals surface area contributed by atoms with Gasteiger partial charge in [0.1, 0.15) is 0 Å². The van der Waals surface area contributed by atoms with E-state index in [9.17, 15) is 4.79 Å². The van der Waals surface area contributed by atoms with Crippen molar-refractivity contribution >= 4 is 17.3 Å². The minimum Gasteiger partial charge on any atom is -0.411 e. The summed E-state index contributed by atoms with van der Waals surface area (Å²) in [6.45, 7) is 2.06. The van der Waals surface area contributed by atoms with Crippen LogP contribution in [0.3, 0.4) is 0 Å². The third kappa shape index (κ3) is 3.95. The highest BCUT2D eigenvalue weighted by atomic mass is 16.5. The molecule has 1 aliphatic rings. The average molecular weight is 291 g/mol.